The summed E-state index contributed by atoms with van der Waals surface area (Å²) in [5, 5.41) is 10.3. The van der Waals surface area contributed by atoms with Gasteiger partial charge in [0.1, 0.15) is 0 Å². The number of rotatable bonds is 3. The Bertz CT molecular complexity index is 135. The molecule has 0 saturated heterocycles. The van der Waals surface area contributed by atoms with Crippen molar-refractivity contribution < 1.29 is 9.84 Å². The summed E-state index contributed by atoms with van der Waals surface area (Å²) in [7, 11) is 1.62. The highest BCUT2D eigenvalue weighted by Crippen LogP contribution is 2.36. The molecule has 0 saturated carbocycles. The van der Waals surface area contributed by atoms with E-state index in [1.54, 1.807) is 7.11 Å². The predicted molar refractivity (Wildman–Crippen MR) is 51.1 cm³/mol. The summed E-state index contributed by atoms with van der Waals surface area (Å²) in [6.45, 7) is 10.5. The Hall–Kier alpha value is -0.0800. The van der Waals surface area contributed by atoms with Gasteiger partial charge in [-0.2, -0.15) is 0 Å². The lowest BCUT2D eigenvalue weighted by Gasteiger charge is -2.43. The molecule has 0 amide bonds. The van der Waals surface area contributed by atoms with Gasteiger partial charge in [0.2, 0.25) is 0 Å². The van der Waals surface area contributed by atoms with Gasteiger partial charge in [0, 0.05) is 7.11 Å². The standard InChI is InChI=1S/C10H22O2/c1-8(2)10(11,7-12-6)9(3,4)5/h8,11H,7H2,1-6H3. The molecule has 74 valence electrons. The molecule has 1 unspecified atom stereocenters. The molecule has 12 heavy (non-hydrogen) atoms. The van der Waals surface area contributed by atoms with Gasteiger partial charge in [-0.05, 0) is 11.3 Å². The van der Waals surface area contributed by atoms with Crippen LogP contribution in [0.1, 0.15) is 34.6 Å². The SMILES string of the molecule is COCC(O)(C(C)C)C(C)(C)C. The summed E-state index contributed by atoms with van der Waals surface area (Å²) in [4.78, 5) is 0. The average Bonchev–Trinajstić information content (AvgIpc) is 1.85. The summed E-state index contributed by atoms with van der Waals surface area (Å²) in [5.74, 6) is 0.206. The third kappa shape index (κ3) is 2.20. The summed E-state index contributed by atoms with van der Waals surface area (Å²) >= 11 is 0. The minimum Gasteiger partial charge on any atom is -0.387 e. The third-order valence-corrected chi connectivity index (χ3v) is 2.62. The second-order valence-corrected chi connectivity index (χ2v) is 4.76. The molecule has 0 aliphatic heterocycles. The van der Waals surface area contributed by atoms with Crippen molar-refractivity contribution in [1.82, 2.24) is 0 Å². The van der Waals surface area contributed by atoms with Crippen molar-refractivity contribution in [3.05, 3.63) is 0 Å². The fraction of sp³-hybridized carbons (Fsp3) is 1.00. The first-order valence-corrected chi connectivity index (χ1v) is 4.47. The van der Waals surface area contributed by atoms with Gasteiger partial charge in [-0.3, -0.25) is 0 Å². The smallest absolute Gasteiger partial charge is 0.0950 e. The van der Waals surface area contributed by atoms with Crippen LogP contribution in [0.2, 0.25) is 0 Å². The van der Waals surface area contributed by atoms with Crippen molar-refractivity contribution in [3.63, 3.8) is 0 Å². The largest absolute Gasteiger partial charge is 0.387 e. The van der Waals surface area contributed by atoms with E-state index in [0.29, 0.717) is 6.61 Å². The maximum absolute atomic E-state index is 10.3. The van der Waals surface area contributed by atoms with E-state index >= 15 is 0 Å². The van der Waals surface area contributed by atoms with E-state index in [1.165, 1.54) is 0 Å². The van der Waals surface area contributed by atoms with E-state index in [2.05, 4.69) is 0 Å². The summed E-state index contributed by atoms with van der Waals surface area (Å²) < 4.78 is 5.04. The molecule has 0 rings (SSSR count). The molecule has 0 heterocycles. The van der Waals surface area contributed by atoms with Crippen molar-refractivity contribution in [2.24, 2.45) is 11.3 Å². The van der Waals surface area contributed by atoms with Gasteiger partial charge in [0.25, 0.3) is 0 Å². The molecule has 0 bridgehead atoms. The van der Waals surface area contributed by atoms with Crippen molar-refractivity contribution in [1.29, 1.82) is 0 Å². The molecule has 0 aromatic heterocycles. The van der Waals surface area contributed by atoms with E-state index in [1.807, 2.05) is 34.6 Å². The number of hydrogen-bond acceptors (Lipinski definition) is 2. The Balaban J connectivity index is 4.62. The summed E-state index contributed by atoms with van der Waals surface area (Å²) in [6.07, 6.45) is 0. The van der Waals surface area contributed by atoms with Crippen LogP contribution in [-0.4, -0.2) is 24.4 Å². The normalized spacial score (nSPS) is 18.0. The van der Waals surface area contributed by atoms with Gasteiger partial charge in [-0.25, -0.2) is 0 Å². The fourth-order valence-corrected chi connectivity index (χ4v) is 1.47. The molecule has 0 aliphatic carbocycles. The lowest BCUT2D eigenvalue weighted by atomic mass is 9.70. The molecule has 2 heteroatoms. The maximum Gasteiger partial charge on any atom is 0.0950 e. The van der Waals surface area contributed by atoms with Gasteiger partial charge in [-0.15, -0.1) is 0 Å². The minimum absolute atomic E-state index is 0.142. The van der Waals surface area contributed by atoms with Crippen LogP contribution >= 0.6 is 0 Å². The maximum atomic E-state index is 10.3. The summed E-state index contributed by atoms with van der Waals surface area (Å²) in [5.41, 5.74) is -0.876. The van der Waals surface area contributed by atoms with E-state index in [4.69, 9.17) is 4.74 Å². The average molecular weight is 174 g/mol. The molecule has 0 radical (unpaired) electrons. The van der Waals surface area contributed by atoms with Gasteiger partial charge < -0.3 is 9.84 Å². The molecular formula is C10H22O2. The van der Waals surface area contributed by atoms with Crippen molar-refractivity contribution in [2.45, 2.75) is 40.2 Å². The van der Waals surface area contributed by atoms with Crippen molar-refractivity contribution in [3.8, 4) is 0 Å². The first kappa shape index (κ1) is 11.9. The molecule has 0 spiro atoms. The van der Waals surface area contributed by atoms with Gasteiger partial charge in [-0.1, -0.05) is 34.6 Å². The highest BCUT2D eigenvalue weighted by Gasteiger charge is 2.42. The molecule has 0 fully saturated rings. The van der Waals surface area contributed by atoms with Crippen molar-refractivity contribution in [2.75, 3.05) is 13.7 Å². The minimum atomic E-state index is -0.734. The lowest BCUT2D eigenvalue weighted by Crippen LogP contribution is -2.51. The third-order valence-electron chi connectivity index (χ3n) is 2.62. The Labute approximate surface area is 75.9 Å². The van der Waals surface area contributed by atoms with Crippen LogP contribution in [0, 0.1) is 11.3 Å². The molecule has 0 aliphatic rings. The summed E-state index contributed by atoms with van der Waals surface area (Å²) in [6, 6.07) is 0. The van der Waals surface area contributed by atoms with Crippen LogP contribution in [0.5, 0.6) is 0 Å². The first-order valence-electron chi connectivity index (χ1n) is 4.47. The fourth-order valence-electron chi connectivity index (χ4n) is 1.47. The number of ether oxygens (including phenoxy) is 1. The second-order valence-electron chi connectivity index (χ2n) is 4.76. The number of aliphatic hydroxyl groups is 1. The number of methoxy groups -OCH3 is 1. The van der Waals surface area contributed by atoms with Crippen LogP contribution in [0.15, 0.2) is 0 Å². The van der Waals surface area contributed by atoms with E-state index in [0.717, 1.165) is 0 Å². The van der Waals surface area contributed by atoms with Crippen LogP contribution in [-0.2, 0) is 4.74 Å². The van der Waals surface area contributed by atoms with Gasteiger partial charge in [0.05, 0.1) is 12.2 Å². The quantitative estimate of drug-likeness (QED) is 0.709. The van der Waals surface area contributed by atoms with Crippen molar-refractivity contribution >= 4 is 0 Å². The Morgan fingerprint density at radius 3 is 1.75 bits per heavy atom. The zero-order valence-electron chi connectivity index (χ0n) is 9.14. The number of hydrogen-bond donors (Lipinski definition) is 1. The van der Waals surface area contributed by atoms with Crippen LogP contribution in [0.4, 0.5) is 0 Å². The topological polar surface area (TPSA) is 29.5 Å². The Morgan fingerprint density at radius 2 is 1.67 bits per heavy atom. The van der Waals surface area contributed by atoms with E-state index < -0.39 is 5.60 Å². The highest BCUT2D eigenvalue weighted by molar-refractivity contribution is 4.92. The Morgan fingerprint density at radius 1 is 1.25 bits per heavy atom. The monoisotopic (exact) mass is 174 g/mol. The first-order chi connectivity index (χ1) is 5.25. The molecule has 1 atom stereocenters. The van der Waals surface area contributed by atoms with Crippen LogP contribution in [0.3, 0.4) is 0 Å². The zero-order chi connectivity index (χ0) is 9.99. The van der Waals surface area contributed by atoms with Gasteiger partial charge >= 0.3 is 0 Å². The second kappa shape index (κ2) is 3.75. The van der Waals surface area contributed by atoms with E-state index in [9.17, 15) is 5.11 Å². The highest BCUT2D eigenvalue weighted by atomic mass is 16.5. The predicted octanol–water partition coefficient (Wildman–Crippen LogP) is 2.07. The van der Waals surface area contributed by atoms with Gasteiger partial charge in [0.15, 0.2) is 0 Å². The van der Waals surface area contributed by atoms with Crippen LogP contribution < -0.4 is 0 Å². The zero-order valence-corrected chi connectivity index (χ0v) is 9.14. The lowest BCUT2D eigenvalue weighted by molar-refractivity contribution is -0.134. The van der Waals surface area contributed by atoms with Crippen LogP contribution in [0.25, 0.3) is 0 Å². The molecule has 2 nitrogen and oxygen atoms in total. The molecule has 0 aromatic carbocycles. The molecular weight excluding hydrogens is 152 g/mol. The Kier molecular flexibility index (Phi) is 3.73. The molecule has 0 aromatic rings. The van der Waals surface area contributed by atoms with E-state index in [-0.39, 0.29) is 11.3 Å². The molecule has 1 N–H and O–H groups in total.